The summed E-state index contributed by atoms with van der Waals surface area (Å²) in [4.78, 5) is 12.1. The Bertz CT molecular complexity index is 676. The summed E-state index contributed by atoms with van der Waals surface area (Å²) in [6.07, 6.45) is 0. The number of hydrogen-bond acceptors (Lipinski definition) is 2. The standard InChI is InChI=1S/C13H7BrClF2NO/c14-8-5-4-6(11(17)10(8)15)13(19)7-2-1-3-9(16)12(7)18/h1-5H,18H2. The molecule has 2 aromatic carbocycles. The van der Waals surface area contributed by atoms with Crippen molar-refractivity contribution < 1.29 is 13.6 Å². The van der Waals surface area contributed by atoms with Crippen LogP contribution in [0, 0.1) is 11.6 Å². The Balaban J connectivity index is 2.57. The van der Waals surface area contributed by atoms with Crippen molar-refractivity contribution in [3.05, 3.63) is 62.6 Å². The summed E-state index contributed by atoms with van der Waals surface area (Å²) in [7, 11) is 0. The summed E-state index contributed by atoms with van der Waals surface area (Å²) < 4.78 is 27.5. The molecule has 0 spiro atoms. The largest absolute Gasteiger partial charge is 0.396 e. The van der Waals surface area contributed by atoms with E-state index in [0.29, 0.717) is 4.47 Å². The number of anilines is 1. The Morgan fingerprint density at radius 3 is 2.53 bits per heavy atom. The predicted molar refractivity (Wildman–Crippen MR) is 73.4 cm³/mol. The maximum atomic E-state index is 13.9. The van der Waals surface area contributed by atoms with Crippen molar-refractivity contribution in [3.63, 3.8) is 0 Å². The molecule has 0 unspecified atom stereocenters. The maximum absolute atomic E-state index is 13.9. The van der Waals surface area contributed by atoms with Gasteiger partial charge in [-0.2, -0.15) is 0 Å². The molecular formula is C13H7BrClF2NO. The molecule has 0 aliphatic rings. The van der Waals surface area contributed by atoms with Crippen molar-refractivity contribution in [1.82, 2.24) is 0 Å². The summed E-state index contributed by atoms with van der Waals surface area (Å²) in [5, 5.41) is -0.208. The van der Waals surface area contributed by atoms with Crippen molar-refractivity contribution in [3.8, 4) is 0 Å². The van der Waals surface area contributed by atoms with Crippen LogP contribution >= 0.6 is 27.5 Å². The minimum absolute atomic E-state index is 0.0997. The highest BCUT2D eigenvalue weighted by Gasteiger charge is 2.20. The lowest BCUT2D eigenvalue weighted by molar-refractivity contribution is 0.103. The van der Waals surface area contributed by atoms with Gasteiger partial charge in [0.15, 0.2) is 11.6 Å². The molecule has 0 fully saturated rings. The molecule has 0 bridgehead atoms. The summed E-state index contributed by atoms with van der Waals surface area (Å²) >= 11 is 8.75. The van der Waals surface area contributed by atoms with Crippen LogP contribution in [0.1, 0.15) is 15.9 Å². The quantitative estimate of drug-likeness (QED) is 0.503. The normalized spacial score (nSPS) is 10.5. The van der Waals surface area contributed by atoms with Gasteiger partial charge in [-0.1, -0.05) is 17.7 Å². The number of nitrogen functional groups attached to an aromatic ring is 1. The smallest absolute Gasteiger partial charge is 0.198 e. The third-order valence-corrected chi connectivity index (χ3v) is 3.84. The number of carbonyl (C=O) groups excluding carboxylic acids is 1. The molecule has 98 valence electrons. The van der Waals surface area contributed by atoms with Gasteiger partial charge in [0.25, 0.3) is 0 Å². The van der Waals surface area contributed by atoms with E-state index in [1.165, 1.54) is 24.3 Å². The molecule has 0 saturated heterocycles. The van der Waals surface area contributed by atoms with E-state index in [2.05, 4.69) is 15.9 Å². The summed E-state index contributed by atoms with van der Waals surface area (Å²) in [5.41, 5.74) is 4.81. The number of hydrogen-bond donors (Lipinski definition) is 1. The molecule has 0 radical (unpaired) electrons. The maximum Gasteiger partial charge on any atom is 0.198 e. The van der Waals surface area contributed by atoms with E-state index in [0.717, 1.165) is 6.07 Å². The molecule has 0 saturated carbocycles. The molecule has 2 nitrogen and oxygen atoms in total. The van der Waals surface area contributed by atoms with E-state index in [-0.39, 0.29) is 21.8 Å². The molecule has 2 rings (SSSR count). The summed E-state index contributed by atoms with van der Waals surface area (Å²) in [5.74, 6) is -2.32. The Kier molecular flexibility index (Phi) is 3.87. The Morgan fingerprint density at radius 2 is 1.84 bits per heavy atom. The lowest BCUT2D eigenvalue weighted by Crippen LogP contribution is -2.09. The fourth-order valence-electron chi connectivity index (χ4n) is 1.58. The molecule has 19 heavy (non-hydrogen) atoms. The number of benzene rings is 2. The minimum Gasteiger partial charge on any atom is -0.396 e. The molecule has 0 aliphatic carbocycles. The predicted octanol–water partition coefficient (Wildman–Crippen LogP) is 4.19. The lowest BCUT2D eigenvalue weighted by Gasteiger charge is -2.08. The first-order chi connectivity index (χ1) is 8.93. The average molecular weight is 347 g/mol. The summed E-state index contributed by atoms with van der Waals surface area (Å²) in [6.45, 7) is 0. The van der Waals surface area contributed by atoms with Crippen LogP contribution in [0.3, 0.4) is 0 Å². The number of rotatable bonds is 2. The molecule has 6 heteroatoms. The van der Waals surface area contributed by atoms with Crippen molar-refractivity contribution >= 4 is 39.0 Å². The van der Waals surface area contributed by atoms with Crippen LogP contribution in [0.25, 0.3) is 0 Å². The van der Waals surface area contributed by atoms with E-state index in [1.54, 1.807) is 0 Å². The van der Waals surface area contributed by atoms with Crippen LogP contribution in [0.5, 0.6) is 0 Å². The zero-order chi connectivity index (χ0) is 14.2. The van der Waals surface area contributed by atoms with Gasteiger partial charge in [0.05, 0.1) is 16.3 Å². The summed E-state index contributed by atoms with van der Waals surface area (Å²) in [6, 6.07) is 6.48. The number of halogens is 4. The van der Waals surface area contributed by atoms with Gasteiger partial charge >= 0.3 is 0 Å². The number of carbonyl (C=O) groups is 1. The minimum atomic E-state index is -0.871. The first-order valence-corrected chi connectivity index (χ1v) is 6.32. The Labute approximate surface area is 121 Å². The Hall–Kier alpha value is -1.46. The van der Waals surface area contributed by atoms with Crippen LogP contribution in [0.2, 0.25) is 5.02 Å². The zero-order valence-electron chi connectivity index (χ0n) is 9.38. The van der Waals surface area contributed by atoms with E-state index in [1.807, 2.05) is 0 Å². The van der Waals surface area contributed by atoms with Crippen molar-refractivity contribution in [1.29, 1.82) is 0 Å². The third kappa shape index (κ3) is 2.48. The molecule has 2 aromatic rings. The third-order valence-electron chi connectivity index (χ3n) is 2.58. The van der Waals surface area contributed by atoms with E-state index in [9.17, 15) is 13.6 Å². The fraction of sp³-hybridized carbons (Fsp3) is 0. The zero-order valence-corrected chi connectivity index (χ0v) is 11.7. The van der Waals surface area contributed by atoms with E-state index >= 15 is 0 Å². The van der Waals surface area contributed by atoms with Gasteiger partial charge in [-0.05, 0) is 40.2 Å². The van der Waals surface area contributed by atoms with Gasteiger partial charge in [-0.25, -0.2) is 8.78 Å². The van der Waals surface area contributed by atoms with Crippen LogP contribution in [-0.2, 0) is 0 Å². The highest BCUT2D eigenvalue weighted by atomic mass is 79.9. The average Bonchev–Trinajstić information content (AvgIpc) is 2.39. The van der Waals surface area contributed by atoms with E-state index in [4.69, 9.17) is 17.3 Å². The van der Waals surface area contributed by atoms with Crippen LogP contribution in [-0.4, -0.2) is 5.78 Å². The highest BCUT2D eigenvalue weighted by molar-refractivity contribution is 9.10. The monoisotopic (exact) mass is 345 g/mol. The molecular weight excluding hydrogens is 340 g/mol. The van der Waals surface area contributed by atoms with E-state index < -0.39 is 17.4 Å². The van der Waals surface area contributed by atoms with Crippen LogP contribution < -0.4 is 5.73 Å². The fourth-order valence-corrected chi connectivity index (χ4v) is 2.05. The van der Waals surface area contributed by atoms with Gasteiger partial charge in [0, 0.05) is 10.0 Å². The topological polar surface area (TPSA) is 43.1 Å². The van der Waals surface area contributed by atoms with Gasteiger partial charge < -0.3 is 5.73 Å². The highest BCUT2D eigenvalue weighted by Crippen LogP contribution is 2.29. The van der Waals surface area contributed by atoms with Crippen LogP contribution in [0.15, 0.2) is 34.8 Å². The SMILES string of the molecule is Nc1c(F)cccc1C(=O)c1ccc(Br)c(Cl)c1F. The molecule has 0 aromatic heterocycles. The number of para-hydroxylation sites is 1. The first-order valence-electron chi connectivity index (χ1n) is 5.15. The second kappa shape index (κ2) is 5.27. The van der Waals surface area contributed by atoms with Crippen molar-refractivity contribution in [2.24, 2.45) is 0 Å². The lowest BCUT2D eigenvalue weighted by atomic mass is 10.0. The molecule has 2 N–H and O–H groups in total. The van der Waals surface area contributed by atoms with Gasteiger partial charge in [-0.3, -0.25) is 4.79 Å². The Morgan fingerprint density at radius 1 is 1.16 bits per heavy atom. The molecule has 0 heterocycles. The van der Waals surface area contributed by atoms with Gasteiger partial charge in [0.1, 0.15) is 5.82 Å². The van der Waals surface area contributed by atoms with Gasteiger partial charge in [0.2, 0.25) is 0 Å². The second-order valence-corrected chi connectivity index (χ2v) is 4.99. The van der Waals surface area contributed by atoms with Crippen molar-refractivity contribution in [2.75, 3.05) is 5.73 Å². The van der Waals surface area contributed by atoms with Gasteiger partial charge in [-0.15, -0.1) is 0 Å². The second-order valence-electron chi connectivity index (χ2n) is 3.75. The number of ketones is 1. The molecule has 0 atom stereocenters. The number of nitrogens with two attached hydrogens (primary N) is 1. The van der Waals surface area contributed by atoms with Crippen LogP contribution in [0.4, 0.5) is 14.5 Å². The first kappa shape index (κ1) is 14.0. The van der Waals surface area contributed by atoms with Crippen molar-refractivity contribution in [2.45, 2.75) is 0 Å². The molecule has 0 amide bonds. The molecule has 0 aliphatic heterocycles.